The quantitative estimate of drug-likeness (QED) is 0.0346. The molecule has 0 N–H and O–H groups in total. The number of esters is 3. The third-order valence-electron chi connectivity index (χ3n) is 11.7. The van der Waals surface area contributed by atoms with Gasteiger partial charge in [0.25, 0.3) is 0 Å². The highest BCUT2D eigenvalue weighted by atomic mass is 16.6. The molecule has 0 saturated carbocycles. The zero-order chi connectivity index (χ0) is 42.6. The second kappa shape index (κ2) is 44.9. The first-order valence-electron chi connectivity index (χ1n) is 25.7. The van der Waals surface area contributed by atoms with Crippen LogP contribution in [0.3, 0.4) is 0 Å². The molecule has 0 aliphatic carbocycles. The number of ether oxygens (including phenoxy) is 3. The second-order valence-corrected chi connectivity index (χ2v) is 18.8. The Morgan fingerprint density at radius 3 is 0.845 bits per heavy atom. The number of rotatable bonds is 46. The van der Waals surface area contributed by atoms with Gasteiger partial charge in [-0.3, -0.25) is 14.4 Å². The molecule has 0 heterocycles. The summed E-state index contributed by atoms with van der Waals surface area (Å²) < 4.78 is 16.8. The standard InChI is InChI=1S/C52H100O6/c1-6-7-8-9-10-11-16-22-27-32-37-42-50(53)56-45-49(58-52(55)44-39-34-29-24-19-21-26-31-36-41-48(4)5)46-57-51(54)43-38-33-28-23-18-15-13-12-14-17-20-25-30-35-40-47(2)3/h47-49H,6-46H2,1-5H3/t49-/m0/s1. The maximum Gasteiger partial charge on any atom is 0.306 e. The summed E-state index contributed by atoms with van der Waals surface area (Å²) in [5, 5.41) is 0. The average Bonchev–Trinajstić information content (AvgIpc) is 3.19. The first kappa shape index (κ1) is 56.4. The predicted molar refractivity (Wildman–Crippen MR) is 247 cm³/mol. The summed E-state index contributed by atoms with van der Waals surface area (Å²) in [6.45, 7) is 11.4. The molecule has 0 aliphatic heterocycles. The van der Waals surface area contributed by atoms with Crippen molar-refractivity contribution in [2.24, 2.45) is 11.8 Å². The van der Waals surface area contributed by atoms with E-state index in [1.165, 1.54) is 173 Å². The van der Waals surface area contributed by atoms with E-state index in [0.29, 0.717) is 19.3 Å². The van der Waals surface area contributed by atoms with Gasteiger partial charge in [0, 0.05) is 19.3 Å². The van der Waals surface area contributed by atoms with Gasteiger partial charge in [-0.1, -0.05) is 247 Å². The van der Waals surface area contributed by atoms with E-state index in [9.17, 15) is 14.4 Å². The van der Waals surface area contributed by atoms with Gasteiger partial charge in [-0.05, 0) is 31.1 Å². The first-order valence-corrected chi connectivity index (χ1v) is 25.7. The number of unbranched alkanes of at least 4 members (excludes halogenated alkanes) is 31. The van der Waals surface area contributed by atoms with Crippen molar-refractivity contribution in [2.45, 2.75) is 291 Å². The van der Waals surface area contributed by atoms with Gasteiger partial charge in [-0.15, -0.1) is 0 Å². The summed E-state index contributed by atoms with van der Waals surface area (Å²) in [7, 11) is 0. The van der Waals surface area contributed by atoms with E-state index in [-0.39, 0.29) is 31.1 Å². The van der Waals surface area contributed by atoms with Gasteiger partial charge in [0.2, 0.25) is 0 Å². The molecule has 0 radical (unpaired) electrons. The van der Waals surface area contributed by atoms with E-state index in [2.05, 4.69) is 34.6 Å². The first-order chi connectivity index (χ1) is 28.2. The zero-order valence-corrected chi connectivity index (χ0v) is 39.7. The molecule has 0 spiro atoms. The lowest BCUT2D eigenvalue weighted by Gasteiger charge is -2.18. The fraction of sp³-hybridized carbons (Fsp3) is 0.942. The van der Waals surface area contributed by atoms with Crippen LogP contribution in [-0.2, 0) is 28.6 Å². The van der Waals surface area contributed by atoms with Crippen LogP contribution >= 0.6 is 0 Å². The van der Waals surface area contributed by atoms with Crippen LogP contribution in [-0.4, -0.2) is 37.2 Å². The predicted octanol–water partition coefficient (Wildman–Crippen LogP) is 16.5. The van der Waals surface area contributed by atoms with Crippen molar-refractivity contribution >= 4 is 17.9 Å². The highest BCUT2D eigenvalue weighted by molar-refractivity contribution is 5.71. The van der Waals surface area contributed by atoms with Crippen LogP contribution in [0.1, 0.15) is 285 Å². The molecule has 0 aromatic rings. The molecule has 0 fully saturated rings. The van der Waals surface area contributed by atoms with E-state index >= 15 is 0 Å². The Hall–Kier alpha value is -1.59. The lowest BCUT2D eigenvalue weighted by molar-refractivity contribution is -0.167. The third-order valence-corrected chi connectivity index (χ3v) is 11.7. The van der Waals surface area contributed by atoms with Crippen molar-refractivity contribution < 1.29 is 28.6 Å². The smallest absolute Gasteiger partial charge is 0.306 e. The highest BCUT2D eigenvalue weighted by Gasteiger charge is 2.19. The molecule has 6 nitrogen and oxygen atoms in total. The molecule has 58 heavy (non-hydrogen) atoms. The second-order valence-electron chi connectivity index (χ2n) is 18.8. The zero-order valence-electron chi connectivity index (χ0n) is 39.7. The van der Waals surface area contributed by atoms with E-state index < -0.39 is 6.10 Å². The van der Waals surface area contributed by atoms with Gasteiger partial charge in [-0.2, -0.15) is 0 Å². The van der Waals surface area contributed by atoms with Crippen LogP contribution in [0, 0.1) is 11.8 Å². The summed E-state index contributed by atoms with van der Waals surface area (Å²) in [6, 6.07) is 0. The van der Waals surface area contributed by atoms with Crippen molar-refractivity contribution in [1.29, 1.82) is 0 Å². The molecule has 0 rings (SSSR count). The Morgan fingerprint density at radius 2 is 0.569 bits per heavy atom. The van der Waals surface area contributed by atoms with Gasteiger partial charge >= 0.3 is 17.9 Å². The lowest BCUT2D eigenvalue weighted by atomic mass is 10.0. The molecule has 344 valence electrons. The monoisotopic (exact) mass is 821 g/mol. The maximum absolute atomic E-state index is 12.8. The van der Waals surface area contributed by atoms with E-state index in [4.69, 9.17) is 14.2 Å². The normalized spacial score (nSPS) is 12.1. The summed E-state index contributed by atoms with van der Waals surface area (Å²) in [5.41, 5.74) is 0. The Bertz CT molecular complexity index is 885. The third kappa shape index (κ3) is 45.5. The molecule has 0 amide bonds. The fourth-order valence-electron chi connectivity index (χ4n) is 7.81. The summed E-state index contributed by atoms with van der Waals surface area (Å²) in [6.07, 6.45) is 45.2. The molecule has 0 saturated heterocycles. The number of hydrogen-bond acceptors (Lipinski definition) is 6. The Labute approximate surface area is 361 Å². The summed E-state index contributed by atoms with van der Waals surface area (Å²) in [5.74, 6) is 0.801. The molecular formula is C52H100O6. The summed E-state index contributed by atoms with van der Waals surface area (Å²) >= 11 is 0. The SMILES string of the molecule is CCCCCCCCCCCCCC(=O)OC[C@@H](COC(=O)CCCCCCCCCCCCCCCCC(C)C)OC(=O)CCCCCCCCCCCC(C)C. The van der Waals surface area contributed by atoms with E-state index in [1.54, 1.807) is 0 Å². The van der Waals surface area contributed by atoms with E-state index in [1.807, 2.05) is 0 Å². The van der Waals surface area contributed by atoms with Crippen molar-refractivity contribution in [3.8, 4) is 0 Å². The van der Waals surface area contributed by atoms with Crippen LogP contribution in [0.15, 0.2) is 0 Å². The minimum atomic E-state index is -0.761. The van der Waals surface area contributed by atoms with Crippen LogP contribution in [0.5, 0.6) is 0 Å². The van der Waals surface area contributed by atoms with Gasteiger partial charge in [0.05, 0.1) is 0 Å². The van der Waals surface area contributed by atoms with Gasteiger partial charge in [-0.25, -0.2) is 0 Å². The Kier molecular flexibility index (Phi) is 43.7. The van der Waals surface area contributed by atoms with Crippen LogP contribution in [0.25, 0.3) is 0 Å². The highest BCUT2D eigenvalue weighted by Crippen LogP contribution is 2.17. The van der Waals surface area contributed by atoms with Crippen molar-refractivity contribution in [3.63, 3.8) is 0 Å². The van der Waals surface area contributed by atoms with Crippen LogP contribution in [0.4, 0.5) is 0 Å². The maximum atomic E-state index is 12.8. The minimum Gasteiger partial charge on any atom is -0.462 e. The molecule has 0 aliphatic rings. The van der Waals surface area contributed by atoms with Crippen molar-refractivity contribution in [3.05, 3.63) is 0 Å². The number of carbonyl (C=O) groups excluding carboxylic acids is 3. The Morgan fingerprint density at radius 1 is 0.328 bits per heavy atom. The lowest BCUT2D eigenvalue weighted by Crippen LogP contribution is -2.30. The van der Waals surface area contributed by atoms with Gasteiger partial charge in [0.1, 0.15) is 13.2 Å². The summed E-state index contributed by atoms with van der Waals surface area (Å²) in [4.78, 5) is 37.9. The van der Waals surface area contributed by atoms with Crippen molar-refractivity contribution in [2.75, 3.05) is 13.2 Å². The molecule has 1 atom stereocenters. The van der Waals surface area contributed by atoms with Crippen LogP contribution in [0.2, 0.25) is 0 Å². The van der Waals surface area contributed by atoms with Crippen LogP contribution < -0.4 is 0 Å². The molecule has 0 bridgehead atoms. The van der Waals surface area contributed by atoms with Gasteiger partial charge in [0.15, 0.2) is 6.10 Å². The Balaban J connectivity index is 4.28. The molecular weight excluding hydrogens is 721 g/mol. The topological polar surface area (TPSA) is 78.9 Å². The molecule has 0 aromatic heterocycles. The number of carbonyl (C=O) groups is 3. The number of hydrogen-bond donors (Lipinski definition) is 0. The molecule has 0 unspecified atom stereocenters. The largest absolute Gasteiger partial charge is 0.462 e. The van der Waals surface area contributed by atoms with E-state index in [0.717, 1.165) is 69.6 Å². The van der Waals surface area contributed by atoms with Gasteiger partial charge < -0.3 is 14.2 Å². The van der Waals surface area contributed by atoms with Crippen molar-refractivity contribution in [1.82, 2.24) is 0 Å². The minimum absolute atomic E-state index is 0.0639. The molecule has 0 aromatic carbocycles. The fourth-order valence-corrected chi connectivity index (χ4v) is 7.81. The average molecular weight is 821 g/mol. The molecule has 6 heteroatoms.